The first-order valence-electron chi connectivity index (χ1n) is 9.29. The van der Waals surface area contributed by atoms with Gasteiger partial charge in [0.1, 0.15) is 10.4 Å². The molecule has 5 rings (SSSR count). The van der Waals surface area contributed by atoms with Gasteiger partial charge in [-0.3, -0.25) is 14.3 Å². The molecule has 3 aromatic heterocycles. The van der Waals surface area contributed by atoms with E-state index in [0.717, 1.165) is 32.7 Å². The molecule has 0 fully saturated rings. The van der Waals surface area contributed by atoms with Gasteiger partial charge in [-0.1, -0.05) is 23.7 Å². The second-order valence-corrected chi connectivity index (χ2v) is 8.29. The summed E-state index contributed by atoms with van der Waals surface area (Å²) < 4.78 is 7.42. The fraction of sp³-hybridized carbons (Fsp3) is 0.0870. The number of methoxy groups -OCH3 is 1. The van der Waals surface area contributed by atoms with E-state index in [0.29, 0.717) is 21.8 Å². The molecule has 3 heterocycles. The highest BCUT2D eigenvalue weighted by molar-refractivity contribution is 7.22. The Morgan fingerprint density at radius 3 is 2.73 bits per heavy atom. The van der Waals surface area contributed by atoms with Crippen molar-refractivity contribution in [1.29, 1.82) is 0 Å². The lowest BCUT2D eigenvalue weighted by Gasteiger charge is -2.10. The maximum Gasteiger partial charge on any atom is 0.271 e. The van der Waals surface area contributed by atoms with Crippen molar-refractivity contribution in [3.05, 3.63) is 88.1 Å². The van der Waals surface area contributed by atoms with Gasteiger partial charge in [0.25, 0.3) is 5.56 Å². The molecule has 7 heteroatoms. The predicted octanol–water partition coefficient (Wildman–Crippen LogP) is 5.38. The lowest BCUT2D eigenvalue weighted by molar-refractivity contribution is 0.415. The van der Waals surface area contributed by atoms with Gasteiger partial charge in [-0.15, -0.1) is 11.3 Å². The minimum atomic E-state index is -0.0891. The summed E-state index contributed by atoms with van der Waals surface area (Å²) in [5.41, 5.74) is 3.22. The Bertz CT molecular complexity index is 1440. The molecule has 0 N–H and O–H groups in total. The van der Waals surface area contributed by atoms with E-state index in [1.165, 1.54) is 11.3 Å². The summed E-state index contributed by atoms with van der Waals surface area (Å²) in [5, 5.41) is 1.57. The molecular formula is C23H16ClN3O2S. The third-order valence-corrected chi connectivity index (χ3v) is 6.54. The molecule has 0 saturated heterocycles. The van der Waals surface area contributed by atoms with E-state index >= 15 is 0 Å². The summed E-state index contributed by atoms with van der Waals surface area (Å²) >= 11 is 7.89. The van der Waals surface area contributed by atoms with Crippen LogP contribution in [0.3, 0.4) is 0 Å². The monoisotopic (exact) mass is 433 g/mol. The van der Waals surface area contributed by atoms with Crippen molar-refractivity contribution in [3.8, 4) is 16.2 Å². The van der Waals surface area contributed by atoms with Crippen molar-refractivity contribution in [2.75, 3.05) is 7.11 Å². The molecule has 0 saturated carbocycles. The Labute approximate surface area is 181 Å². The fourth-order valence-electron chi connectivity index (χ4n) is 3.46. The Morgan fingerprint density at radius 1 is 1.10 bits per heavy atom. The lowest BCUT2D eigenvalue weighted by atomic mass is 10.1. The first-order chi connectivity index (χ1) is 14.6. The number of ether oxygens (including phenoxy) is 1. The summed E-state index contributed by atoms with van der Waals surface area (Å²) in [7, 11) is 1.64. The molecule has 5 aromatic rings. The number of nitrogens with zero attached hydrogens (tertiary/aromatic N) is 3. The van der Waals surface area contributed by atoms with Crippen LogP contribution in [-0.2, 0) is 6.54 Å². The molecule has 148 valence electrons. The Hall–Kier alpha value is -3.22. The average molecular weight is 434 g/mol. The van der Waals surface area contributed by atoms with E-state index < -0.39 is 0 Å². The van der Waals surface area contributed by atoms with E-state index in [9.17, 15) is 4.79 Å². The van der Waals surface area contributed by atoms with Crippen molar-refractivity contribution in [1.82, 2.24) is 14.5 Å². The van der Waals surface area contributed by atoms with E-state index in [2.05, 4.69) is 9.97 Å². The van der Waals surface area contributed by atoms with Gasteiger partial charge in [0.05, 0.1) is 31.0 Å². The first kappa shape index (κ1) is 18.8. The van der Waals surface area contributed by atoms with Gasteiger partial charge in [0.2, 0.25) is 0 Å². The molecule has 30 heavy (non-hydrogen) atoms. The van der Waals surface area contributed by atoms with Crippen molar-refractivity contribution in [2.45, 2.75) is 6.54 Å². The van der Waals surface area contributed by atoms with Gasteiger partial charge in [0.15, 0.2) is 0 Å². The number of benzene rings is 2. The Morgan fingerprint density at radius 2 is 1.93 bits per heavy atom. The minimum Gasteiger partial charge on any atom is -0.497 e. The summed E-state index contributed by atoms with van der Waals surface area (Å²) in [6, 6.07) is 17.3. The summed E-state index contributed by atoms with van der Waals surface area (Å²) in [4.78, 5) is 23.1. The van der Waals surface area contributed by atoms with Gasteiger partial charge < -0.3 is 4.74 Å². The molecule has 0 aliphatic rings. The zero-order valence-corrected chi connectivity index (χ0v) is 17.6. The molecule has 0 unspecified atom stereocenters. The normalized spacial score (nSPS) is 11.3. The number of pyridine rings is 1. The quantitative estimate of drug-likeness (QED) is 0.381. The van der Waals surface area contributed by atoms with Crippen LogP contribution in [0.5, 0.6) is 5.75 Å². The number of thiophene rings is 1. The van der Waals surface area contributed by atoms with Gasteiger partial charge in [-0.05, 0) is 48.0 Å². The number of aromatic nitrogens is 3. The standard InChI is InChI=1S/C23H16ClN3O2S/c1-29-16-7-4-14(5-8-16)20-11-19-22(30-20)23(28)27(13-26-19)12-17-18(24)9-6-15-3-2-10-25-21(15)17/h2-11,13H,12H2,1H3. The van der Waals surface area contributed by atoms with E-state index in [4.69, 9.17) is 16.3 Å². The van der Waals surface area contributed by atoms with Crippen LogP contribution >= 0.6 is 22.9 Å². The number of fused-ring (bicyclic) bond motifs is 2. The molecule has 5 nitrogen and oxygen atoms in total. The molecule has 0 spiro atoms. The lowest BCUT2D eigenvalue weighted by Crippen LogP contribution is -2.20. The highest BCUT2D eigenvalue weighted by atomic mass is 35.5. The van der Waals surface area contributed by atoms with Gasteiger partial charge >= 0.3 is 0 Å². The number of halogens is 1. The first-order valence-corrected chi connectivity index (χ1v) is 10.5. The van der Waals surface area contributed by atoms with Crippen LogP contribution in [0.15, 0.2) is 71.9 Å². The number of hydrogen-bond donors (Lipinski definition) is 0. The Kier molecular flexibility index (Phi) is 4.73. The molecule has 0 amide bonds. The van der Waals surface area contributed by atoms with E-state index in [1.54, 1.807) is 24.2 Å². The predicted molar refractivity (Wildman–Crippen MR) is 122 cm³/mol. The third-order valence-electron chi connectivity index (χ3n) is 5.03. The van der Waals surface area contributed by atoms with Crippen molar-refractivity contribution in [3.63, 3.8) is 0 Å². The van der Waals surface area contributed by atoms with Crippen LogP contribution in [0.4, 0.5) is 0 Å². The van der Waals surface area contributed by atoms with Crippen LogP contribution in [0.1, 0.15) is 5.56 Å². The smallest absolute Gasteiger partial charge is 0.271 e. The van der Waals surface area contributed by atoms with Gasteiger partial charge in [-0.2, -0.15) is 0 Å². The highest BCUT2D eigenvalue weighted by Crippen LogP contribution is 2.32. The maximum absolute atomic E-state index is 13.2. The average Bonchev–Trinajstić information content (AvgIpc) is 3.22. The molecule has 0 aliphatic heterocycles. The van der Waals surface area contributed by atoms with Crippen LogP contribution in [0, 0.1) is 0 Å². The number of rotatable bonds is 4. The largest absolute Gasteiger partial charge is 0.497 e. The SMILES string of the molecule is COc1ccc(-c2cc3ncn(Cc4c(Cl)ccc5cccnc45)c(=O)c3s2)cc1. The summed E-state index contributed by atoms with van der Waals surface area (Å²) in [6.07, 6.45) is 3.31. The number of hydrogen-bond acceptors (Lipinski definition) is 5. The van der Waals surface area contributed by atoms with Crippen molar-refractivity contribution < 1.29 is 4.74 Å². The van der Waals surface area contributed by atoms with Crippen molar-refractivity contribution >= 4 is 44.1 Å². The Balaban J connectivity index is 1.58. The molecular weight excluding hydrogens is 418 g/mol. The van der Waals surface area contributed by atoms with Gasteiger partial charge in [-0.25, -0.2) is 4.98 Å². The second-order valence-electron chi connectivity index (χ2n) is 6.83. The summed E-state index contributed by atoms with van der Waals surface area (Å²) in [6.45, 7) is 0.310. The summed E-state index contributed by atoms with van der Waals surface area (Å²) in [5.74, 6) is 0.793. The zero-order chi connectivity index (χ0) is 20.7. The molecule has 2 aromatic carbocycles. The maximum atomic E-state index is 13.2. The van der Waals surface area contributed by atoms with Crippen LogP contribution in [0.25, 0.3) is 31.6 Å². The minimum absolute atomic E-state index is 0.0891. The third kappa shape index (κ3) is 3.24. The highest BCUT2D eigenvalue weighted by Gasteiger charge is 2.14. The van der Waals surface area contributed by atoms with Crippen LogP contribution in [-0.4, -0.2) is 21.6 Å². The van der Waals surface area contributed by atoms with Crippen molar-refractivity contribution in [2.24, 2.45) is 0 Å². The van der Waals surface area contributed by atoms with Crippen LogP contribution < -0.4 is 10.3 Å². The molecule has 0 atom stereocenters. The van der Waals surface area contributed by atoms with E-state index in [-0.39, 0.29) is 5.56 Å². The topological polar surface area (TPSA) is 57.0 Å². The second kappa shape index (κ2) is 7.55. The van der Waals surface area contributed by atoms with E-state index in [1.807, 2.05) is 54.6 Å². The fourth-order valence-corrected chi connectivity index (χ4v) is 4.73. The van der Waals surface area contributed by atoms with Crippen LogP contribution in [0.2, 0.25) is 5.02 Å². The molecule has 0 radical (unpaired) electrons. The van der Waals surface area contributed by atoms with Gasteiger partial charge in [0, 0.05) is 27.0 Å². The zero-order valence-electron chi connectivity index (χ0n) is 16.0. The molecule has 0 aliphatic carbocycles. The molecule has 0 bridgehead atoms.